The van der Waals surface area contributed by atoms with Crippen molar-refractivity contribution in [3.05, 3.63) is 17.7 Å². The molecule has 3 unspecified atom stereocenters. The second-order valence-corrected chi connectivity index (χ2v) is 6.38. The first-order chi connectivity index (χ1) is 9.24. The number of likely N-dealkylation sites (N-methyl/N-ethyl adjacent to an activating group) is 1. The van der Waals surface area contributed by atoms with Gasteiger partial charge in [0.2, 0.25) is 0 Å². The van der Waals surface area contributed by atoms with Crippen LogP contribution in [0.4, 0.5) is 0 Å². The first kappa shape index (κ1) is 13.1. The van der Waals surface area contributed by atoms with Crippen molar-refractivity contribution in [3.8, 4) is 0 Å². The predicted molar refractivity (Wildman–Crippen MR) is 77.0 cm³/mol. The molecule has 3 rings (SSSR count). The molecule has 19 heavy (non-hydrogen) atoms. The number of H-pyrrole nitrogens is 1. The van der Waals surface area contributed by atoms with E-state index in [1.54, 1.807) is 0 Å². The monoisotopic (exact) mass is 262 g/mol. The molecule has 1 saturated carbocycles. The minimum Gasteiger partial charge on any atom is -0.347 e. The highest BCUT2D eigenvalue weighted by Gasteiger charge is 2.28. The second-order valence-electron chi connectivity index (χ2n) is 6.38. The molecule has 0 spiro atoms. The van der Waals surface area contributed by atoms with Gasteiger partial charge in [-0.05, 0) is 25.8 Å². The van der Waals surface area contributed by atoms with Crippen LogP contribution in [0.5, 0.6) is 0 Å². The number of nitrogens with one attached hydrogen (secondary N) is 2. The van der Waals surface area contributed by atoms with Crippen molar-refractivity contribution in [3.63, 3.8) is 0 Å². The molecule has 2 N–H and O–H groups in total. The minimum absolute atomic E-state index is 0.551. The zero-order valence-corrected chi connectivity index (χ0v) is 12.2. The molecule has 1 aromatic heterocycles. The molecular formula is C15H26N4. The topological polar surface area (TPSA) is 44.0 Å². The SMILES string of the molecule is CC1CCCCC1N(C)CC1Cc2nc[nH]c2CN1. The lowest BCUT2D eigenvalue weighted by molar-refractivity contribution is 0.126. The summed E-state index contributed by atoms with van der Waals surface area (Å²) in [5, 5.41) is 3.63. The lowest BCUT2D eigenvalue weighted by atomic mass is 9.85. The highest BCUT2D eigenvalue weighted by molar-refractivity contribution is 5.16. The first-order valence-electron chi connectivity index (χ1n) is 7.69. The van der Waals surface area contributed by atoms with Crippen LogP contribution in [0.2, 0.25) is 0 Å². The summed E-state index contributed by atoms with van der Waals surface area (Å²) in [5.41, 5.74) is 2.53. The maximum Gasteiger partial charge on any atom is 0.0925 e. The summed E-state index contributed by atoms with van der Waals surface area (Å²) in [5.74, 6) is 0.850. The molecular weight excluding hydrogens is 236 g/mol. The van der Waals surface area contributed by atoms with Crippen molar-refractivity contribution in [1.29, 1.82) is 0 Å². The third-order valence-corrected chi connectivity index (χ3v) is 4.96. The number of hydrogen-bond donors (Lipinski definition) is 2. The largest absolute Gasteiger partial charge is 0.347 e. The Bertz CT molecular complexity index is 414. The number of rotatable bonds is 3. The van der Waals surface area contributed by atoms with Crippen molar-refractivity contribution in [2.24, 2.45) is 5.92 Å². The molecule has 2 aliphatic rings. The van der Waals surface area contributed by atoms with Crippen LogP contribution in [-0.2, 0) is 13.0 Å². The van der Waals surface area contributed by atoms with Gasteiger partial charge in [-0.25, -0.2) is 4.98 Å². The molecule has 0 bridgehead atoms. The fraction of sp³-hybridized carbons (Fsp3) is 0.800. The van der Waals surface area contributed by atoms with E-state index in [2.05, 4.69) is 34.2 Å². The number of aromatic nitrogens is 2. The molecule has 0 radical (unpaired) electrons. The van der Waals surface area contributed by atoms with Crippen molar-refractivity contribution >= 4 is 0 Å². The van der Waals surface area contributed by atoms with Crippen LogP contribution in [0.15, 0.2) is 6.33 Å². The summed E-state index contributed by atoms with van der Waals surface area (Å²) in [6.45, 7) is 4.50. The average Bonchev–Trinajstić information content (AvgIpc) is 2.86. The van der Waals surface area contributed by atoms with Crippen LogP contribution in [0.25, 0.3) is 0 Å². The smallest absolute Gasteiger partial charge is 0.0925 e. The summed E-state index contributed by atoms with van der Waals surface area (Å²) < 4.78 is 0. The van der Waals surface area contributed by atoms with Crippen LogP contribution < -0.4 is 5.32 Å². The van der Waals surface area contributed by atoms with Gasteiger partial charge in [-0.1, -0.05) is 19.8 Å². The Hall–Kier alpha value is -0.870. The summed E-state index contributed by atoms with van der Waals surface area (Å²) in [4.78, 5) is 10.2. The molecule has 1 aliphatic heterocycles. The van der Waals surface area contributed by atoms with Crippen molar-refractivity contribution in [2.75, 3.05) is 13.6 Å². The van der Waals surface area contributed by atoms with E-state index in [-0.39, 0.29) is 0 Å². The van der Waals surface area contributed by atoms with Gasteiger partial charge in [0.1, 0.15) is 0 Å². The van der Waals surface area contributed by atoms with Gasteiger partial charge < -0.3 is 15.2 Å². The van der Waals surface area contributed by atoms with E-state index in [1.807, 2.05) is 6.33 Å². The van der Waals surface area contributed by atoms with Crippen molar-refractivity contribution in [1.82, 2.24) is 20.2 Å². The van der Waals surface area contributed by atoms with Crippen LogP contribution in [0.3, 0.4) is 0 Å². The number of aromatic amines is 1. The maximum absolute atomic E-state index is 4.43. The third kappa shape index (κ3) is 2.84. The van der Waals surface area contributed by atoms with Gasteiger partial charge in [-0.15, -0.1) is 0 Å². The molecule has 0 amide bonds. The lowest BCUT2D eigenvalue weighted by Crippen LogP contribution is -2.48. The zero-order chi connectivity index (χ0) is 13.2. The highest BCUT2D eigenvalue weighted by Crippen LogP contribution is 2.27. The molecule has 0 aromatic carbocycles. The molecule has 4 heteroatoms. The van der Waals surface area contributed by atoms with Gasteiger partial charge in [0, 0.05) is 31.6 Å². The zero-order valence-electron chi connectivity index (χ0n) is 12.2. The Morgan fingerprint density at radius 2 is 2.21 bits per heavy atom. The number of nitrogens with zero attached hydrogens (tertiary/aromatic N) is 2. The lowest BCUT2D eigenvalue weighted by Gasteiger charge is -2.38. The third-order valence-electron chi connectivity index (χ3n) is 4.96. The Labute approximate surface area is 116 Å². The summed E-state index contributed by atoms with van der Waals surface area (Å²) >= 11 is 0. The van der Waals surface area contributed by atoms with Gasteiger partial charge in [0.25, 0.3) is 0 Å². The number of fused-ring (bicyclic) bond motifs is 1. The van der Waals surface area contributed by atoms with E-state index >= 15 is 0 Å². The summed E-state index contributed by atoms with van der Waals surface area (Å²) in [6.07, 6.45) is 8.48. The van der Waals surface area contributed by atoms with Gasteiger partial charge in [-0.3, -0.25) is 0 Å². The first-order valence-corrected chi connectivity index (χ1v) is 7.69. The Kier molecular flexibility index (Phi) is 3.89. The van der Waals surface area contributed by atoms with E-state index in [9.17, 15) is 0 Å². The molecule has 2 heterocycles. The predicted octanol–water partition coefficient (Wildman–Crippen LogP) is 1.93. The Morgan fingerprint density at radius 1 is 1.37 bits per heavy atom. The van der Waals surface area contributed by atoms with Gasteiger partial charge in [0.05, 0.1) is 17.7 Å². The number of imidazole rings is 1. The average molecular weight is 262 g/mol. The quantitative estimate of drug-likeness (QED) is 0.875. The molecule has 0 saturated heterocycles. The van der Waals surface area contributed by atoms with Gasteiger partial charge in [-0.2, -0.15) is 0 Å². The van der Waals surface area contributed by atoms with E-state index in [1.165, 1.54) is 37.1 Å². The standard InChI is InChI=1S/C15H26N4/c1-11-5-3-4-6-15(11)19(2)9-12-7-13-14(8-16-12)18-10-17-13/h10-12,15-16H,3-9H2,1-2H3,(H,17,18). The van der Waals surface area contributed by atoms with Crippen LogP contribution in [-0.4, -0.2) is 40.5 Å². The van der Waals surface area contributed by atoms with Crippen molar-refractivity contribution < 1.29 is 0 Å². The highest BCUT2D eigenvalue weighted by atomic mass is 15.2. The van der Waals surface area contributed by atoms with E-state index in [0.29, 0.717) is 6.04 Å². The van der Waals surface area contributed by atoms with Crippen LogP contribution >= 0.6 is 0 Å². The van der Waals surface area contributed by atoms with Crippen LogP contribution in [0.1, 0.15) is 44.0 Å². The summed E-state index contributed by atoms with van der Waals surface area (Å²) in [7, 11) is 2.30. The van der Waals surface area contributed by atoms with E-state index in [4.69, 9.17) is 0 Å². The second kappa shape index (κ2) is 5.63. The van der Waals surface area contributed by atoms with Crippen LogP contribution in [0, 0.1) is 5.92 Å². The molecule has 4 nitrogen and oxygen atoms in total. The Balaban J connectivity index is 1.57. The Morgan fingerprint density at radius 3 is 3.05 bits per heavy atom. The molecule has 1 aliphatic carbocycles. The normalized spacial score (nSPS) is 31.4. The molecule has 3 atom stereocenters. The summed E-state index contributed by atoms with van der Waals surface area (Å²) in [6, 6.07) is 1.33. The fourth-order valence-electron chi connectivity index (χ4n) is 3.79. The van der Waals surface area contributed by atoms with Gasteiger partial charge in [0.15, 0.2) is 0 Å². The van der Waals surface area contributed by atoms with Gasteiger partial charge >= 0.3 is 0 Å². The minimum atomic E-state index is 0.551. The van der Waals surface area contributed by atoms with E-state index < -0.39 is 0 Å². The fourth-order valence-corrected chi connectivity index (χ4v) is 3.79. The molecule has 1 aromatic rings. The number of hydrogen-bond acceptors (Lipinski definition) is 3. The van der Waals surface area contributed by atoms with E-state index in [0.717, 1.165) is 31.5 Å². The molecule has 106 valence electrons. The van der Waals surface area contributed by atoms with Crippen molar-refractivity contribution in [2.45, 2.75) is 57.7 Å². The maximum atomic E-state index is 4.43. The molecule has 1 fully saturated rings.